The van der Waals surface area contributed by atoms with Crippen LogP contribution in [-0.4, -0.2) is 39.4 Å². The van der Waals surface area contributed by atoms with Crippen molar-refractivity contribution >= 4 is 17.6 Å². The Morgan fingerprint density at radius 3 is 2.54 bits per heavy atom. The second-order valence-corrected chi connectivity index (χ2v) is 5.97. The van der Waals surface area contributed by atoms with Crippen LogP contribution >= 0.6 is 11.6 Å². The lowest BCUT2D eigenvalue weighted by atomic mass is 10.2. The van der Waals surface area contributed by atoms with Crippen molar-refractivity contribution in [1.29, 1.82) is 0 Å². The van der Waals surface area contributed by atoms with Crippen molar-refractivity contribution < 1.29 is 14.3 Å². The molecule has 3 aromatic rings. The molecule has 0 unspecified atom stereocenters. The molecule has 3 rings (SSSR count). The molecule has 26 heavy (non-hydrogen) atoms. The molecule has 134 valence electrons. The van der Waals surface area contributed by atoms with Gasteiger partial charge in [0.25, 0.3) is 0 Å². The third-order valence-corrected chi connectivity index (χ3v) is 3.71. The van der Waals surface area contributed by atoms with E-state index < -0.39 is 5.97 Å². The zero-order chi connectivity index (χ0) is 18.4. The summed E-state index contributed by atoms with van der Waals surface area (Å²) in [5, 5.41) is 12.5. The van der Waals surface area contributed by atoms with E-state index in [0.29, 0.717) is 10.8 Å². The standard InChI is InChI=1S/C18H17ClN4O3/c1-13-2-8-16(9-3-13)25-10-11-26-17(24)12-23-21-18(20-22-23)14-4-6-15(19)7-5-14/h2-9H,10-12H2,1H3. The van der Waals surface area contributed by atoms with Crippen LogP contribution in [0, 0.1) is 6.92 Å². The summed E-state index contributed by atoms with van der Waals surface area (Å²) in [7, 11) is 0. The molecule has 0 saturated heterocycles. The van der Waals surface area contributed by atoms with Crippen molar-refractivity contribution in [2.75, 3.05) is 13.2 Å². The van der Waals surface area contributed by atoms with Gasteiger partial charge in [-0.3, -0.25) is 0 Å². The lowest BCUT2D eigenvalue weighted by Crippen LogP contribution is -2.18. The molecule has 1 heterocycles. The van der Waals surface area contributed by atoms with Gasteiger partial charge >= 0.3 is 5.97 Å². The van der Waals surface area contributed by atoms with Crippen LogP contribution in [0.15, 0.2) is 48.5 Å². The minimum absolute atomic E-state index is 0.120. The molecule has 0 amide bonds. The summed E-state index contributed by atoms with van der Waals surface area (Å²) in [6.45, 7) is 2.30. The van der Waals surface area contributed by atoms with Crippen LogP contribution in [0.2, 0.25) is 5.02 Å². The third-order valence-electron chi connectivity index (χ3n) is 3.46. The summed E-state index contributed by atoms with van der Waals surface area (Å²) in [6.07, 6.45) is 0. The molecule has 7 nitrogen and oxygen atoms in total. The number of aromatic nitrogens is 4. The van der Waals surface area contributed by atoms with Gasteiger partial charge in [-0.2, -0.15) is 4.80 Å². The second kappa shape index (κ2) is 8.44. The first-order valence-corrected chi connectivity index (χ1v) is 8.37. The maximum atomic E-state index is 11.8. The van der Waals surface area contributed by atoms with E-state index in [0.717, 1.165) is 16.9 Å². The highest BCUT2D eigenvalue weighted by Gasteiger charge is 2.10. The van der Waals surface area contributed by atoms with Crippen molar-refractivity contribution in [3.63, 3.8) is 0 Å². The molecule has 0 bridgehead atoms. The Bertz CT molecular complexity index is 863. The molecule has 2 aromatic carbocycles. The molecule has 0 aliphatic carbocycles. The number of halogens is 1. The van der Waals surface area contributed by atoms with Gasteiger partial charge in [0.15, 0.2) is 6.54 Å². The molecule has 0 N–H and O–H groups in total. The van der Waals surface area contributed by atoms with Crippen LogP contribution in [0.5, 0.6) is 5.75 Å². The van der Waals surface area contributed by atoms with Gasteiger partial charge in [0.05, 0.1) is 0 Å². The minimum Gasteiger partial charge on any atom is -0.490 e. The first kappa shape index (κ1) is 17.9. The monoisotopic (exact) mass is 372 g/mol. The number of nitrogens with zero attached hydrogens (tertiary/aromatic N) is 4. The summed E-state index contributed by atoms with van der Waals surface area (Å²) in [4.78, 5) is 13.0. The maximum absolute atomic E-state index is 11.8. The van der Waals surface area contributed by atoms with Gasteiger partial charge in [0, 0.05) is 10.6 Å². The van der Waals surface area contributed by atoms with Gasteiger partial charge in [0.1, 0.15) is 19.0 Å². The van der Waals surface area contributed by atoms with E-state index in [1.807, 2.05) is 31.2 Å². The van der Waals surface area contributed by atoms with Gasteiger partial charge in [-0.1, -0.05) is 29.3 Å². The molecule has 0 atom stereocenters. The number of tetrazole rings is 1. The lowest BCUT2D eigenvalue weighted by molar-refractivity contribution is -0.145. The van der Waals surface area contributed by atoms with Crippen LogP contribution in [0.4, 0.5) is 0 Å². The van der Waals surface area contributed by atoms with Gasteiger partial charge in [-0.05, 0) is 48.5 Å². The Hall–Kier alpha value is -2.93. The van der Waals surface area contributed by atoms with Crippen molar-refractivity contribution in [1.82, 2.24) is 20.2 Å². The Morgan fingerprint density at radius 2 is 1.81 bits per heavy atom. The van der Waals surface area contributed by atoms with E-state index in [4.69, 9.17) is 21.1 Å². The highest BCUT2D eigenvalue weighted by Crippen LogP contribution is 2.17. The van der Waals surface area contributed by atoms with E-state index in [1.165, 1.54) is 4.80 Å². The fourth-order valence-corrected chi connectivity index (χ4v) is 2.26. The molecule has 0 saturated carbocycles. The number of hydrogen-bond donors (Lipinski definition) is 0. The van der Waals surface area contributed by atoms with Gasteiger partial charge in [-0.25, -0.2) is 4.79 Å². The average molecular weight is 373 g/mol. The fourth-order valence-electron chi connectivity index (χ4n) is 2.14. The molecule has 8 heteroatoms. The van der Waals surface area contributed by atoms with Gasteiger partial charge in [0.2, 0.25) is 5.82 Å². The van der Waals surface area contributed by atoms with E-state index >= 15 is 0 Å². The normalized spacial score (nSPS) is 10.5. The van der Waals surface area contributed by atoms with Gasteiger partial charge < -0.3 is 9.47 Å². The van der Waals surface area contributed by atoms with E-state index in [1.54, 1.807) is 24.3 Å². The lowest BCUT2D eigenvalue weighted by Gasteiger charge is -2.07. The summed E-state index contributed by atoms with van der Waals surface area (Å²) in [6, 6.07) is 14.7. The highest BCUT2D eigenvalue weighted by atomic mass is 35.5. The minimum atomic E-state index is -0.461. The quantitative estimate of drug-likeness (QED) is 0.468. The molecule has 0 aliphatic rings. The fraction of sp³-hybridized carbons (Fsp3) is 0.222. The van der Waals surface area contributed by atoms with E-state index in [-0.39, 0.29) is 19.8 Å². The number of ether oxygens (including phenoxy) is 2. The molecule has 0 fully saturated rings. The second-order valence-electron chi connectivity index (χ2n) is 5.53. The zero-order valence-electron chi connectivity index (χ0n) is 14.1. The number of hydrogen-bond acceptors (Lipinski definition) is 6. The number of aryl methyl sites for hydroxylation is 1. The number of carbonyl (C=O) groups is 1. The van der Waals surface area contributed by atoms with E-state index in [9.17, 15) is 4.79 Å². The van der Waals surface area contributed by atoms with Gasteiger partial charge in [-0.15, -0.1) is 10.2 Å². The molecular weight excluding hydrogens is 356 g/mol. The Balaban J connectivity index is 1.43. The topological polar surface area (TPSA) is 79.1 Å². The zero-order valence-corrected chi connectivity index (χ0v) is 14.9. The van der Waals surface area contributed by atoms with Crippen molar-refractivity contribution in [3.8, 4) is 17.1 Å². The first-order chi connectivity index (χ1) is 12.6. The smallest absolute Gasteiger partial charge is 0.329 e. The molecule has 0 spiro atoms. The Morgan fingerprint density at radius 1 is 1.08 bits per heavy atom. The number of rotatable bonds is 7. The summed E-state index contributed by atoms with van der Waals surface area (Å²) in [5.41, 5.74) is 1.92. The SMILES string of the molecule is Cc1ccc(OCCOC(=O)Cn2nnc(-c3ccc(Cl)cc3)n2)cc1. The highest BCUT2D eigenvalue weighted by molar-refractivity contribution is 6.30. The molecule has 0 aliphatic heterocycles. The van der Waals surface area contributed by atoms with E-state index in [2.05, 4.69) is 15.4 Å². The van der Waals surface area contributed by atoms with Crippen LogP contribution < -0.4 is 4.74 Å². The average Bonchev–Trinajstić information content (AvgIpc) is 3.09. The predicted molar refractivity (Wildman–Crippen MR) is 95.9 cm³/mol. The Labute approximate surface area is 155 Å². The van der Waals surface area contributed by atoms with Crippen LogP contribution in [0.1, 0.15) is 5.56 Å². The first-order valence-electron chi connectivity index (χ1n) is 7.99. The number of carbonyl (C=O) groups excluding carboxylic acids is 1. The molecule has 0 radical (unpaired) electrons. The Kier molecular flexibility index (Phi) is 5.80. The van der Waals surface area contributed by atoms with Crippen LogP contribution in [0.25, 0.3) is 11.4 Å². The number of benzene rings is 2. The van der Waals surface area contributed by atoms with Crippen LogP contribution in [0.3, 0.4) is 0 Å². The van der Waals surface area contributed by atoms with Crippen molar-refractivity contribution in [3.05, 3.63) is 59.1 Å². The van der Waals surface area contributed by atoms with Crippen LogP contribution in [-0.2, 0) is 16.1 Å². The molecule has 1 aromatic heterocycles. The largest absolute Gasteiger partial charge is 0.490 e. The maximum Gasteiger partial charge on any atom is 0.329 e. The number of esters is 1. The van der Waals surface area contributed by atoms with Crippen molar-refractivity contribution in [2.24, 2.45) is 0 Å². The molecular formula is C18H17ClN4O3. The summed E-state index contributed by atoms with van der Waals surface area (Å²) >= 11 is 5.85. The van der Waals surface area contributed by atoms with Crippen molar-refractivity contribution in [2.45, 2.75) is 13.5 Å². The third kappa shape index (κ3) is 5.03. The predicted octanol–water partition coefficient (Wildman–Crippen LogP) is 2.92. The summed E-state index contributed by atoms with van der Waals surface area (Å²) in [5.74, 6) is 0.687. The summed E-state index contributed by atoms with van der Waals surface area (Å²) < 4.78 is 10.6.